The Morgan fingerprint density at radius 1 is 0.727 bits per heavy atom. The number of ether oxygens (including phenoxy) is 2. The van der Waals surface area contributed by atoms with Crippen LogP contribution in [0.4, 0.5) is 0 Å². The zero-order valence-corrected chi connectivity index (χ0v) is 18.4. The molecule has 0 saturated heterocycles. The summed E-state index contributed by atoms with van der Waals surface area (Å²) in [7, 11) is 0. The highest BCUT2D eigenvalue weighted by Gasteiger charge is 2.19. The molecule has 0 bridgehead atoms. The van der Waals surface area contributed by atoms with Crippen LogP contribution >= 0.6 is 0 Å². The summed E-state index contributed by atoms with van der Waals surface area (Å²) in [6.07, 6.45) is 5.12. The monoisotopic (exact) mass is 444 g/mol. The van der Waals surface area contributed by atoms with Crippen molar-refractivity contribution in [2.24, 2.45) is 0 Å². The van der Waals surface area contributed by atoms with Gasteiger partial charge in [0.1, 0.15) is 11.5 Å². The van der Waals surface area contributed by atoms with E-state index in [1.807, 2.05) is 60.7 Å². The number of hydrogen-bond acceptors (Lipinski definition) is 6. The lowest BCUT2D eigenvalue weighted by molar-refractivity contribution is -0.138. The summed E-state index contributed by atoms with van der Waals surface area (Å²) in [6, 6.07) is 18.2. The Morgan fingerprint density at radius 3 is 1.48 bits per heavy atom. The Morgan fingerprint density at radius 2 is 1.12 bits per heavy atom. The van der Waals surface area contributed by atoms with Crippen molar-refractivity contribution in [2.75, 3.05) is 13.2 Å². The Bertz CT molecular complexity index is 1130. The molecule has 0 spiro atoms. The maximum atomic E-state index is 13.6. The minimum absolute atomic E-state index is 0.164. The van der Waals surface area contributed by atoms with Crippen LogP contribution in [0.3, 0.4) is 0 Å². The third-order valence-corrected chi connectivity index (χ3v) is 4.60. The highest BCUT2D eigenvalue weighted by molar-refractivity contribution is 5.91. The lowest BCUT2D eigenvalue weighted by Crippen LogP contribution is -2.13. The first-order chi connectivity index (χ1) is 16.0. The van der Waals surface area contributed by atoms with Gasteiger partial charge in [-0.05, 0) is 26.0 Å². The predicted octanol–water partition coefficient (Wildman–Crippen LogP) is 5.13. The molecule has 33 heavy (non-hydrogen) atoms. The van der Waals surface area contributed by atoms with Gasteiger partial charge in [-0.3, -0.25) is 4.79 Å². The molecule has 0 aliphatic heterocycles. The van der Waals surface area contributed by atoms with Gasteiger partial charge >= 0.3 is 11.9 Å². The van der Waals surface area contributed by atoms with Crippen molar-refractivity contribution in [3.05, 3.63) is 94.2 Å². The van der Waals surface area contributed by atoms with E-state index in [-0.39, 0.29) is 24.3 Å². The van der Waals surface area contributed by atoms with Gasteiger partial charge in [0.25, 0.3) is 0 Å². The number of carbonyl (C=O) groups is 2. The SMILES string of the molecule is CCOC(=O)/C=C/c1c(-c2ccccc2)oc(-c2ccccc2)c(/C=C/C(=O)OCC)c1=O. The van der Waals surface area contributed by atoms with E-state index in [1.54, 1.807) is 13.8 Å². The van der Waals surface area contributed by atoms with Gasteiger partial charge in [-0.15, -0.1) is 0 Å². The minimum atomic E-state index is -0.577. The van der Waals surface area contributed by atoms with Crippen LogP contribution < -0.4 is 5.43 Å². The Hall–Kier alpha value is -4.19. The van der Waals surface area contributed by atoms with E-state index in [9.17, 15) is 14.4 Å². The predicted molar refractivity (Wildman–Crippen MR) is 127 cm³/mol. The lowest BCUT2D eigenvalue weighted by atomic mass is 10.00. The van der Waals surface area contributed by atoms with Gasteiger partial charge in [0, 0.05) is 23.3 Å². The maximum absolute atomic E-state index is 13.6. The largest absolute Gasteiger partial charge is 0.463 e. The normalized spacial score (nSPS) is 11.1. The van der Waals surface area contributed by atoms with Gasteiger partial charge in [-0.25, -0.2) is 9.59 Å². The molecule has 0 atom stereocenters. The average Bonchev–Trinajstić information content (AvgIpc) is 2.83. The topological polar surface area (TPSA) is 82.8 Å². The maximum Gasteiger partial charge on any atom is 0.330 e. The highest BCUT2D eigenvalue weighted by atomic mass is 16.5. The molecule has 0 fully saturated rings. The smallest absolute Gasteiger partial charge is 0.330 e. The van der Waals surface area contributed by atoms with Crippen molar-refractivity contribution in [2.45, 2.75) is 13.8 Å². The van der Waals surface area contributed by atoms with Gasteiger partial charge < -0.3 is 13.9 Å². The second kappa shape index (κ2) is 11.4. The molecule has 0 aliphatic rings. The quantitative estimate of drug-likeness (QED) is 0.354. The standard InChI is InChI=1S/C27H24O6/c1-3-31-23(28)17-15-21-25(30)22(16-18-24(29)32-4-2)27(20-13-9-6-10-14-20)33-26(21)19-11-7-5-8-12-19/h5-18H,3-4H2,1-2H3/b17-15+,18-16+. The molecule has 0 amide bonds. The summed E-state index contributed by atoms with van der Waals surface area (Å²) in [6.45, 7) is 3.82. The third-order valence-electron chi connectivity index (χ3n) is 4.60. The molecule has 1 heterocycles. The first kappa shape index (κ1) is 23.5. The summed E-state index contributed by atoms with van der Waals surface area (Å²) in [4.78, 5) is 37.5. The number of carbonyl (C=O) groups excluding carboxylic acids is 2. The first-order valence-electron chi connectivity index (χ1n) is 10.6. The second-order valence-electron chi connectivity index (χ2n) is 6.82. The fraction of sp³-hybridized carbons (Fsp3) is 0.148. The molecule has 1 aromatic heterocycles. The van der Waals surface area contributed by atoms with E-state index in [4.69, 9.17) is 13.9 Å². The van der Waals surface area contributed by atoms with E-state index in [1.165, 1.54) is 24.3 Å². The lowest BCUT2D eigenvalue weighted by Gasteiger charge is -2.12. The zero-order chi connectivity index (χ0) is 23.6. The molecule has 0 unspecified atom stereocenters. The van der Waals surface area contributed by atoms with Crippen LogP contribution in [0.5, 0.6) is 0 Å². The summed E-state index contributed by atoms with van der Waals surface area (Å²) in [5.74, 6) is -0.556. The zero-order valence-electron chi connectivity index (χ0n) is 18.4. The van der Waals surface area contributed by atoms with Crippen molar-refractivity contribution in [3.8, 4) is 22.6 Å². The summed E-state index contributed by atoms with van der Waals surface area (Å²) in [5, 5.41) is 0. The van der Waals surface area contributed by atoms with E-state index in [0.29, 0.717) is 22.6 Å². The summed E-state index contributed by atoms with van der Waals surface area (Å²) in [5.41, 5.74) is 1.25. The van der Waals surface area contributed by atoms with Crippen molar-refractivity contribution < 1.29 is 23.5 Å². The molecule has 0 N–H and O–H groups in total. The van der Waals surface area contributed by atoms with Crippen molar-refractivity contribution in [1.82, 2.24) is 0 Å². The van der Waals surface area contributed by atoms with Crippen LogP contribution in [0.2, 0.25) is 0 Å². The van der Waals surface area contributed by atoms with Gasteiger partial charge in [0.2, 0.25) is 5.43 Å². The molecular weight excluding hydrogens is 420 g/mol. The van der Waals surface area contributed by atoms with E-state index >= 15 is 0 Å². The number of esters is 2. The highest BCUT2D eigenvalue weighted by Crippen LogP contribution is 2.31. The van der Waals surface area contributed by atoms with Crippen LogP contribution in [0.15, 0.2) is 82.0 Å². The van der Waals surface area contributed by atoms with Crippen LogP contribution in [-0.4, -0.2) is 25.2 Å². The fourth-order valence-electron chi connectivity index (χ4n) is 3.16. The molecule has 3 rings (SSSR count). The fourth-order valence-corrected chi connectivity index (χ4v) is 3.16. The number of benzene rings is 2. The molecule has 2 aromatic carbocycles. The van der Waals surface area contributed by atoms with Gasteiger partial charge in [0.05, 0.1) is 24.3 Å². The third kappa shape index (κ3) is 5.95. The van der Waals surface area contributed by atoms with E-state index in [2.05, 4.69) is 0 Å². The summed E-state index contributed by atoms with van der Waals surface area (Å²) >= 11 is 0. The molecule has 6 nitrogen and oxygen atoms in total. The van der Waals surface area contributed by atoms with Gasteiger partial charge in [0.15, 0.2) is 0 Å². The Labute approximate surface area is 191 Å². The minimum Gasteiger partial charge on any atom is -0.463 e. The number of rotatable bonds is 8. The average molecular weight is 444 g/mol. The molecule has 0 radical (unpaired) electrons. The Kier molecular flexibility index (Phi) is 8.13. The Balaban J connectivity index is 2.28. The van der Waals surface area contributed by atoms with Crippen molar-refractivity contribution >= 4 is 24.1 Å². The van der Waals surface area contributed by atoms with Crippen LogP contribution in [0, 0.1) is 0 Å². The molecule has 6 heteroatoms. The van der Waals surface area contributed by atoms with Gasteiger partial charge in [-0.1, -0.05) is 60.7 Å². The molecule has 3 aromatic rings. The van der Waals surface area contributed by atoms with Crippen LogP contribution in [-0.2, 0) is 19.1 Å². The van der Waals surface area contributed by atoms with Crippen LogP contribution in [0.25, 0.3) is 34.8 Å². The molecular formula is C27H24O6. The molecule has 168 valence electrons. The number of hydrogen-bond donors (Lipinski definition) is 0. The van der Waals surface area contributed by atoms with Crippen molar-refractivity contribution in [1.29, 1.82) is 0 Å². The van der Waals surface area contributed by atoms with E-state index < -0.39 is 17.4 Å². The van der Waals surface area contributed by atoms with Gasteiger partial charge in [-0.2, -0.15) is 0 Å². The van der Waals surface area contributed by atoms with Crippen LogP contribution in [0.1, 0.15) is 25.0 Å². The van der Waals surface area contributed by atoms with E-state index in [0.717, 1.165) is 0 Å². The molecule has 0 aliphatic carbocycles. The van der Waals surface area contributed by atoms with Crippen molar-refractivity contribution in [3.63, 3.8) is 0 Å². The first-order valence-corrected chi connectivity index (χ1v) is 10.6. The molecule has 0 saturated carbocycles. The summed E-state index contributed by atoms with van der Waals surface area (Å²) < 4.78 is 16.2. The second-order valence-corrected chi connectivity index (χ2v) is 6.82.